The second-order valence-corrected chi connectivity index (χ2v) is 14.4. The summed E-state index contributed by atoms with van der Waals surface area (Å²) in [6, 6.07) is 41.6. The third kappa shape index (κ3) is 4.47. The molecule has 0 radical (unpaired) electrons. The average molecular weight is 635 g/mol. The molecule has 2 heterocycles. The number of para-hydroxylation sites is 1. The maximum atomic E-state index is 7.33. The summed E-state index contributed by atoms with van der Waals surface area (Å²) in [5.41, 5.74) is 8.20. The number of hydrogen-bond acceptors (Lipinski definition) is 4. The third-order valence-electron chi connectivity index (χ3n) is 11.8. The summed E-state index contributed by atoms with van der Waals surface area (Å²) in [5, 5.41) is 0. The molecule has 4 bridgehead atoms. The monoisotopic (exact) mass is 634 g/mol. The minimum atomic E-state index is -0.0527. The molecule has 0 atom stereocenters. The van der Waals surface area contributed by atoms with Gasteiger partial charge in [-0.15, -0.1) is 0 Å². The van der Waals surface area contributed by atoms with Crippen LogP contribution in [0.2, 0.25) is 0 Å². The van der Waals surface area contributed by atoms with E-state index in [-0.39, 0.29) is 5.41 Å². The Morgan fingerprint density at radius 3 is 1.80 bits per heavy atom. The molecule has 4 fully saturated rings. The molecule has 0 unspecified atom stereocenters. The predicted octanol–water partition coefficient (Wildman–Crippen LogP) is 10.9. The van der Waals surface area contributed by atoms with E-state index in [2.05, 4.69) is 77.6 Å². The lowest BCUT2D eigenvalue weighted by molar-refractivity contribution is -0.0452. The fourth-order valence-electron chi connectivity index (χ4n) is 9.97. The second kappa shape index (κ2) is 11.0. The van der Waals surface area contributed by atoms with Crippen LogP contribution >= 0.6 is 0 Å². The lowest BCUT2D eigenvalue weighted by Crippen LogP contribution is -2.56. The summed E-state index contributed by atoms with van der Waals surface area (Å²) in [5.74, 6) is 6.88. The standard InChI is InChI=1S/C44H34N4O/c1-45-36-17-14-29(15-18-36)31-10-7-11-32(25-31)42-46-41(30-8-3-2-4-9-30)47-43(48-42)33-16-19-40-38(26-33)44(37-12-5-6-13-39(37)49-40)34-21-27-20-28(23-34)24-35(44)22-27/h2-19,25-28,34-35H,20-24H2. The van der Waals surface area contributed by atoms with Gasteiger partial charge in [0.05, 0.1) is 6.57 Å². The topological polar surface area (TPSA) is 52.3 Å². The largest absolute Gasteiger partial charge is 0.457 e. The summed E-state index contributed by atoms with van der Waals surface area (Å²) >= 11 is 0. The van der Waals surface area contributed by atoms with Crippen molar-refractivity contribution in [2.45, 2.75) is 37.5 Å². The maximum absolute atomic E-state index is 7.33. The Hall–Kier alpha value is -5.60. The van der Waals surface area contributed by atoms with E-state index >= 15 is 0 Å². The Balaban J connectivity index is 1.13. The van der Waals surface area contributed by atoms with Crippen LogP contribution in [0, 0.1) is 30.2 Å². The molecule has 5 heteroatoms. The molecule has 11 rings (SSSR count). The summed E-state index contributed by atoms with van der Waals surface area (Å²) in [6.07, 6.45) is 6.62. The molecule has 1 aliphatic heterocycles. The van der Waals surface area contributed by atoms with Crippen LogP contribution in [0.3, 0.4) is 0 Å². The van der Waals surface area contributed by atoms with Crippen molar-refractivity contribution in [2.24, 2.45) is 23.7 Å². The molecule has 49 heavy (non-hydrogen) atoms. The number of hydrogen-bond donors (Lipinski definition) is 0. The van der Waals surface area contributed by atoms with E-state index in [1.165, 1.54) is 43.2 Å². The van der Waals surface area contributed by atoms with Crippen molar-refractivity contribution in [1.82, 2.24) is 15.0 Å². The fourth-order valence-corrected chi connectivity index (χ4v) is 9.97. The number of fused-ring (bicyclic) bond motifs is 2. The van der Waals surface area contributed by atoms with Gasteiger partial charge in [-0.05, 0) is 97.2 Å². The minimum Gasteiger partial charge on any atom is -0.457 e. The van der Waals surface area contributed by atoms with Gasteiger partial charge in [-0.2, -0.15) is 0 Å². The molecule has 4 saturated carbocycles. The van der Waals surface area contributed by atoms with Crippen LogP contribution in [-0.2, 0) is 5.41 Å². The maximum Gasteiger partial charge on any atom is 0.187 e. The second-order valence-electron chi connectivity index (χ2n) is 14.4. The quantitative estimate of drug-likeness (QED) is 0.181. The molecule has 0 amide bonds. The molecule has 4 aliphatic carbocycles. The van der Waals surface area contributed by atoms with E-state index in [0.29, 0.717) is 35.0 Å². The van der Waals surface area contributed by atoms with Crippen LogP contribution in [0.5, 0.6) is 11.5 Å². The van der Waals surface area contributed by atoms with Crippen LogP contribution < -0.4 is 4.74 Å². The molecule has 5 aliphatic rings. The first kappa shape index (κ1) is 28.4. The molecule has 0 N–H and O–H groups in total. The normalized spacial score (nSPS) is 24.1. The van der Waals surface area contributed by atoms with Gasteiger partial charge in [0.15, 0.2) is 23.2 Å². The summed E-state index contributed by atoms with van der Waals surface area (Å²) in [4.78, 5) is 18.9. The molecule has 5 nitrogen and oxygen atoms in total. The van der Waals surface area contributed by atoms with Crippen molar-refractivity contribution < 1.29 is 4.74 Å². The van der Waals surface area contributed by atoms with Crippen LogP contribution in [0.15, 0.2) is 121 Å². The van der Waals surface area contributed by atoms with Crippen molar-refractivity contribution >= 4 is 5.69 Å². The highest BCUT2D eigenvalue weighted by molar-refractivity contribution is 5.74. The first-order valence-electron chi connectivity index (χ1n) is 17.5. The first-order valence-corrected chi connectivity index (χ1v) is 17.5. The van der Waals surface area contributed by atoms with Crippen molar-refractivity contribution in [3.63, 3.8) is 0 Å². The van der Waals surface area contributed by atoms with E-state index in [1.54, 1.807) is 0 Å². The Morgan fingerprint density at radius 1 is 0.510 bits per heavy atom. The molecule has 5 aromatic carbocycles. The van der Waals surface area contributed by atoms with Gasteiger partial charge in [0.1, 0.15) is 11.5 Å². The highest BCUT2D eigenvalue weighted by atomic mass is 16.5. The molecule has 6 aromatic rings. The molecule has 236 valence electrons. The Morgan fingerprint density at radius 2 is 1.08 bits per heavy atom. The summed E-state index contributed by atoms with van der Waals surface area (Å²) in [7, 11) is 0. The first-order chi connectivity index (χ1) is 24.2. The van der Waals surface area contributed by atoms with Gasteiger partial charge >= 0.3 is 0 Å². The highest BCUT2D eigenvalue weighted by Gasteiger charge is 2.61. The zero-order chi connectivity index (χ0) is 32.5. The Labute approximate surface area is 286 Å². The fraction of sp³-hybridized carbons (Fsp3) is 0.227. The highest BCUT2D eigenvalue weighted by Crippen LogP contribution is 2.68. The van der Waals surface area contributed by atoms with Gasteiger partial charge in [-0.3, -0.25) is 0 Å². The molecular weight excluding hydrogens is 601 g/mol. The molecular formula is C44H34N4O. The lowest BCUT2D eigenvalue weighted by atomic mass is 9.42. The molecule has 1 aromatic heterocycles. The van der Waals surface area contributed by atoms with Crippen molar-refractivity contribution in [3.05, 3.63) is 144 Å². The number of benzene rings is 5. The van der Waals surface area contributed by atoms with Crippen molar-refractivity contribution in [1.29, 1.82) is 0 Å². The van der Waals surface area contributed by atoms with Crippen molar-refractivity contribution in [2.75, 3.05) is 0 Å². The van der Waals surface area contributed by atoms with Crippen LogP contribution in [0.25, 0.3) is 50.1 Å². The van der Waals surface area contributed by atoms with Gasteiger partial charge < -0.3 is 4.74 Å². The van der Waals surface area contributed by atoms with Gasteiger partial charge in [0.2, 0.25) is 0 Å². The van der Waals surface area contributed by atoms with E-state index in [1.807, 2.05) is 48.5 Å². The molecule has 0 saturated heterocycles. The third-order valence-corrected chi connectivity index (χ3v) is 11.8. The van der Waals surface area contributed by atoms with E-state index < -0.39 is 0 Å². The Bertz CT molecular complexity index is 2260. The van der Waals surface area contributed by atoms with Gasteiger partial charge in [-0.25, -0.2) is 19.8 Å². The lowest BCUT2D eigenvalue weighted by Gasteiger charge is -2.63. The summed E-state index contributed by atoms with van der Waals surface area (Å²) in [6.45, 7) is 7.33. The van der Waals surface area contributed by atoms with Crippen LogP contribution in [0.1, 0.15) is 43.2 Å². The number of nitrogens with zero attached hydrogens (tertiary/aromatic N) is 4. The zero-order valence-corrected chi connectivity index (χ0v) is 27.1. The average Bonchev–Trinajstić information content (AvgIpc) is 3.16. The van der Waals surface area contributed by atoms with Crippen molar-refractivity contribution in [3.8, 4) is 56.8 Å². The predicted molar refractivity (Wildman–Crippen MR) is 192 cm³/mol. The molecule has 1 spiro atoms. The summed E-state index contributed by atoms with van der Waals surface area (Å²) < 4.78 is 6.69. The smallest absolute Gasteiger partial charge is 0.187 e. The van der Waals surface area contributed by atoms with Gasteiger partial charge in [-0.1, -0.05) is 91.0 Å². The van der Waals surface area contributed by atoms with E-state index in [9.17, 15) is 0 Å². The van der Waals surface area contributed by atoms with Gasteiger partial charge in [0, 0.05) is 33.2 Å². The number of ether oxygens (including phenoxy) is 1. The SMILES string of the molecule is [C-]#[N+]c1ccc(-c2cccc(-c3nc(-c4ccccc4)nc(-c4ccc5c(c4)C4(c6ccccc6O5)C5CC6CC(C5)CC4C6)n3)c2)cc1. The van der Waals surface area contributed by atoms with E-state index in [4.69, 9.17) is 26.3 Å². The number of rotatable bonds is 4. The van der Waals surface area contributed by atoms with Crippen LogP contribution in [0.4, 0.5) is 5.69 Å². The Kier molecular flexibility index (Phi) is 6.36. The number of aromatic nitrogens is 3. The van der Waals surface area contributed by atoms with Crippen LogP contribution in [-0.4, -0.2) is 15.0 Å². The van der Waals surface area contributed by atoms with E-state index in [0.717, 1.165) is 51.2 Å². The minimum absolute atomic E-state index is 0.0527. The van der Waals surface area contributed by atoms with Gasteiger partial charge in [0.25, 0.3) is 0 Å². The zero-order valence-electron chi connectivity index (χ0n) is 27.1.